The minimum Gasteiger partial charge on any atom is -0.495 e. The number of hydrogen-bond acceptors (Lipinski definition) is 5. The molecule has 1 atom stereocenters. The Bertz CT molecular complexity index is 1130. The molecule has 152 valence electrons. The van der Waals surface area contributed by atoms with Crippen LogP contribution in [0, 0.1) is 0 Å². The molecule has 1 N–H and O–H groups in total. The Morgan fingerprint density at radius 1 is 1.24 bits per heavy atom. The molecule has 2 heterocycles. The highest BCUT2D eigenvalue weighted by atomic mass is 35.5. The molecule has 1 saturated heterocycles. The fraction of sp³-hybridized carbons (Fsp3) is 0.286. The first-order chi connectivity index (χ1) is 14.0. The second-order valence-corrected chi connectivity index (χ2v) is 9.24. The quantitative estimate of drug-likeness (QED) is 0.647. The van der Waals surface area contributed by atoms with Crippen LogP contribution in [0.5, 0.6) is 5.75 Å². The zero-order chi connectivity index (χ0) is 20.4. The van der Waals surface area contributed by atoms with E-state index in [1.54, 1.807) is 12.1 Å². The Hall–Kier alpha value is -2.19. The molecule has 6 nitrogen and oxygen atoms in total. The molecular weight excluding hydrogens is 410 g/mol. The molecule has 1 unspecified atom stereocenters. The number of benzene rings is 2. The van der Waals surface area contributed by atoms with Crippen LogP contribution in [0.4, 0.5) is 0 Å². The van der Waals surface area contributed by atoms with Gasteiger partial charge in [0.25, 0.3) is 0 Å². The number of aromatic nitrogens is 1. The van der Waals surface area contributed by atoms with Crippen LogP contribution in [0.3, 0.4) is 0 Å². The van der Waals surface area contributed by atoms with E-state index in [9.17, 15) is 8.42 Å². The standard InChI is InChI=1S/C21H22ClN3O3S/c1-28-20-7-6-16(22)12-21(20)29(26,27)24-17-9-11-25(14-17)13-15-8-10-23-19-5-3-2-4-18(15)19/h2-8,10,12,17,24H,9,11,13-14H2,1H3. The Labute approximate surface area is 175 Å². The lowest BCUT2D eigenvalue weighted by Crippen LogP contribution is -2.37. The number of hydrogen-bond donors (Lipinski definition) is 1. The minimum atomic E-state index is -3.74. The summed E-state index contributed by atoms with van der Waals surface area (Å²) in [5.74, 6) is 0.278. The van der Waals surface area contributed by atoms with Gasteiger partial charge in [0, 0.05) is 42.3 Å². The SMILES string of the molecule is COc1ccc(Cl)cc1S(=O)(=O)NC1CCN(Cc2ccnc3ccccc23)C1. The summed E-state index contributed by atoms with van der Waals surface area (Å²) in [6.07, 6.45) is 2.56. The fourth-order valence-corrected chi connectivity index (χ4v) is 5.44. The van der Waals surface area contributed by atoms with E-state index in [2.05, 4.69) is 20.7 Å². The van der Waals surface area contributed by atoms with Gasteiger partial charge in [-0.2, -0.15) is 0 Å². The van der Waals surface area contributed by atoms with Crippen molar-refractivity contribution in [2.24, 2.45) is 0 Å². The molecule has 0 aliphatic carbocycles. The Morgan fingerprint density at radius 3 is 2.90 bits per heavy atom. The summed E-state index contributed by atoms with van der Waals surface area (Å²) in [5.41, 5.74) is 2.16. The Balaban J connectivity index is 1.47. The van der Waals surface area contributed by atoms with Crippen LogP contribution < -0.4 is 9.46 Å². The average molecular weight is 432 g/mol. The lowest BCUT2D eigenvalue weighted by Gasteiger charge is -2.18. The average Bonchev–Trinajstić information content (AvgIpc) is 3.14. The first-order valence-electron chi connectivity index (χ1n) is 9.37. The van der Waals surface area contributed by atoms with Crippen molar-refractivity contribution in [2.45, 2.75) is 23.9 Å². The predicted molar refractivity (Wildman–Crippen MR) is 114 cm³/mol. The third-order valence-electron chi connectivity index (χ3n) is 5.14. The number of nitrogens with one attached hydrogen (secondary N) is 1. The van der Waals surface area contributed by atoms with Crippen molar-refractivity contribution in [1.29, 1.82) is 0 Å². The molecule has 0 bridgehead atoms. The summed E-state index contributed by atoms with van der Waals surface area (Å²) in [7, 11) is -2.29. The summed E-state index contributed by atoms with van der Waals surface area (Å²) < 4.78 is 33.8. The van der Waals surface area contributed by atoms with Gasteiger partial charge < -0.3 is 4.74 Å². The highest BCUT2D eigenvalue weighted by Gasteiger charge is 2.29. The molecule has 29 heavy (non-hydrogen) atoms. The second-order valence-electron chi connectivity index (χ2n) is 7.12. The normalized spacial score (nSPS) is 17.7. The second kappa shape index (κ2) is 8.28. The van der Waals surface area contributed by atoms with E-state index in [4.69, 9.17) is 16.3 Å². The molecule has 0 radical (unpaired) electrons. The van der Waals surface area contributed by atoms with E-state index in [-0.39, 0.29) is 16.7 Å². The number of methoxy groups -OCH3 is 1. The van der Waals surface area contributed by atoms with E-state index in [1.807, 2.05) is 30.5 Å². The first kappa shape index (κ1) is 20.1. The van der Waals surface area contributed by atoms with E-state index in [0.29, 0.717) is 11.6 Å². The van der Waals surface area contributed by atoms with Crippen LogP contribution in [-0.2, 0) is 16.6 Å². The number of likely N-dealkylation sites (tertiary alicyclic amines) is 1. The fourth-order valence-electron chi connectivity index (χ4n) is 3.75. The Kier molecular flexibility index (Phi) is 5.74. The lowest BCUT2D eigenvalue weighted by molar-refractivity contribution is 0.325. The van der Waals surface area contributed by atoms with Crippen molar-refractivity contribution < 1.29 is 13.2 Å². The van der Waals surface area contributed by atoms with Crippen molar-refractivity contribution in [1.82, 2.24) is 14.6 Å². The summed E-state index contributed by atoms with van der Waals surface area (Å²) in [6, 6.07) is 14.5. The molecular formula is C21H22ClN3O3S. The number of para-hydroxylation sites is 1. The molecule has 2 aromatic carbocycles. The first-order valence-corrected chi connectivity index (χ1v) is 11.2. The highest BCUT2D eigenvalue weighted by molar-refractivity contribution is 7.89. The monoisotopic (exact) mass is 431 g/mol. The van der Waals surface area contributed by atoms with Crippen molar-refractivity contribution in [3.63, 3.8) is 0 Å². The van der Waals surface area contributed by atoms with Crippen LogP contribution in [0.2, 0.25) is 5.02 Å². The lowest BCUT2D eigenvalue weighted by atomic mass is 10.1. The van der Waals surface area contributed by atoms with Gasteiger partial charge in [-0.15, -0.1) is 0 Å². The molecule has 0 amide bonds. The molecule has 8 heteroatoms. The van der Waals surface area contributed by atoms with E-state index < -0.39 is 10.0 Å². The van der Waals surface area contributed by atoms with Crippen LogP contribution in [0.15, 0.2) is 59.6 Å². The third kappa shape index (κ3) is 4.38. The van der Waals surface area contributed by atoms with Crippen molar-refractivity contribution in [3.05, 3.63) is 65.3 Å². The maximum absolute atomic E-state index is 12.9. The third-order valence-corrected chi connectivity index (χ3v) is 6.92. The van der Waals surface area contributed by atoms with Gasteiger partial charge in [-0.1, -0.05) is 29.8 Å². The van der Waals surface area contributed by atoms with Crippen molar-refractivity contribution in [2.75, 3.05) is 20.2 Å². The van der Waals surface area contributed by atoms with E-state index in [1.165, 1.54) is 18.7 Å². The van der Waals surface area contributed by atoms with Crippen molar-refractivity contribution >= 4 is 32.5 Å². The van der Waals surface area contributed by atoms with Gasteiger partial charge in [-0.3, -0.25) is 9.88 Å². The highest BCUT2D eigenvalue weighted by Crippen LogP contribution is 2.28. The van der Waals surface area contributed by atoms with E-state index >= 15 is 0 Å². The number of ether oxygens (including phenoxy) is 1. The number of nitrogens with zero attached hydrogens (tertiary/aromatic N) is 2. The summed E-state index contributed by atoms with van der Waals surface area (Å²) in [6.45, 7) is 2.21. The van der Waals surface area contributed by atoms with Crippen molar-refractivity contribution in [3.8, 4) is 5.75 Å². The van der Waals surface area contributed by atoms with Gasteiger partial charge in [0.15, 0.2) is 0 Å². The molecule has 1 aliphatic rings. The molecule has 1 aromatic heterocycles. The molecule has 4 rings (SSSR count). The summed E-state index contributed by atoms with van der Waals surface area (Å²) in [4.78, 5) is 6.72. The molecule has 0 saturated carbocycles. The molecule has 0 spiro atoms. The topological polar surface area (TPSA) is 71.5 Å². The zero-order valence-electron chi connectivity index (χ0n) is 16.0. The molecule has 1 fully saturated rings. The maximum Gasteiger partial charge on any atom is 0.244 e. The van der Waals surface area contributed by atoms with E-state index in [0.717, 1.165) is 30.4 Å². The molecule has 3 aromatic rings. The van der Waals surface area contributed by atoms with Crippen LogP contribution >= 0.6 is 11.6 Å². The van der Waals surface area contributed by atoms with Gasteiger partial charge in [-0.05, 0) is 42.3 Å². The zero-order valence-corrected chi connectivity index (χ0v) is 17.6. The van der Waals surface area contributed by atoms with Crippen LogP contribution in [-0.4, -0.2) is 44.5 Å². The summed E-state index contributed by atoms with van der Waals surface area (Å²) >= 11 is 6.00. The number of halogens is 1. The Morgan fingerprint density at radius 2 is 2.07 bits per heavy atom. The van der Waals surface area contributed by atoms with Gasteiger partial charge in [0.2, 0.25) is 10.0 Å². The van der Waals surface area contributed by atoms with Gasteiger partial charge in [-0.25, -0.2) is 13.1 Å². The minimum absolute atomic E-state index is 0.0612. The number of rotatable bonds is 6. The summed E-state index contributed by atoms with van der Waals surface area (Å²) in [5, 5.41) is 1.48. The van der Waals surface area contributed by atoms with Crippen LogP contribution in [0.1, 0.15) is 12.0 Å². The van der Waals surface area contributed by atoms with Crippen LogP contribution in [0.25, 0.3) is 10.9 Å². The smallest absolute Gasteiger partial charge is 0.244 e. The number of pyridine rings is 1. The molecule has 1 aliphatic heterocycles. The maximum atomic E-state index is 12.9. The largest absolute Gasteiger partial charge is 0.495 e. The van der Waals surface area contributed by atoms with Gasteiger partial charge in [0.05, 0.1) is 12.6 Å². The number of sulfonamides is 1. The van der Waals surface area contributed by atoms with Gasteiger partial charge >= 0.3 is 0 Å². The number of fused-ring (bicyclic) bond motifs is 1. The predicted octanol–water partition coefficient (Wildman–Crippen LogP) is 3.45. The van der Waals surface area contributed by atoms with Gasteiger partial charge in [0.1, 0.15) is 10.6 Å².